The largest absolute Gasteiger partial charge is 0.586 e. The summed E-state index contributed by atoms with van der Waals surface area (Å²) >= 11 is 0. The third-order valence-electron chi connectivity index (χ3n) is 9.36. The Hall–Kier alpha value is -7.24. The number of benzene rings is 4. The van der Waals surface area contributed by atoms with E-state index >= 15 is 0 Å². The van der Waals surface area contributed by atoms with Crippen molar-refractivity contribution in [3.05, 3.63) is 109 Å². The van der Waals surface area contributed by atoms with Gasteiger partial charge < -0.3 is 47.4 Å². The Kier molecular flexibility index (Phi) is 15.3. The molecule has 4 aromatic rings. The molecule has 14 nitrogen and oxygen atoms in total. The van der Waals surface area contributed by atoms with Gasteiger partial charge in [-0.1, -0.05) is 37.4 Å². The van der Waals surface area contributed by atoms with Gasteiger partial charge in [0, 0.05) is 12.2 Å². The standard InChI is InChI=1S/C46H42F4O14/c1-3-37(51)57-27-11-7-5-9-25-55-32-19-17-30(18-20-32)29-13-15-31(16-14-29)43(53)59-35-23-24-36(42-41(35)63-46(49,50)64-42)60-44(54)33-21-22-34(40-39(33)61-45(47,48)62-40)56-26-10-6-8-12-28-58-38(52)4-2/h3-4,13-24H,1-2,5-12,25-28H2. The minimum Gasteiger partial charge on any atom is -0.494 e. The predicted molar refractivity (Wildman–Crippen MR) is 217 cm³/mol. The van der Waals surface area contributed by atoms with Crippen LogP contribution in [-0.4, -0.2) is 62.9 Å². The van der Waals surface area contributed by atoms with Crippen molar-refractivity contribution in [3.63, 3.8) is 0 Å². The molecule has 338 valence electrons. The third-order valence-corrected chi connectivity index (χ3v) is 9.36. The maximum Gasteiger partial charge on any atom is 0.586 e. The van der Waals surface area contributed by atoms with Crippen LogP contribution in [0.4, 0.5) is 17.6 Å². The van der Waals surface area contributed by atoms with E-state index in [1.807, 2.05) is 24.3 Å². The molecule has 0 amide bonds. The van der Waals surface area contributed by atoms with E-state index < -0.39 is 76.5 Å². The summed E-state index contributed by atoms with van der Waals surface area (Å²) < 4.78 is 108. The van der Waals surface area contributed by atoms with Gasteiger partial charge in [0.2, 0.25) is 17.2 Å². The Balaban J connectivity index is 1.04. The summed E-state index contributed by atoms with van der Waals surface area (Å²) in [5.41, 5.74) is 1.07. The van der Waals surface area contributed by atoms with Gasteiger partial charge in [-0.3, -0.25) is 0 Å². The van der Waals surface area contributed by atoms with Gasteiger partial charge in [0.15, 0.2) is 23.0 Å². The number of hydrogen-bond donors (Lipinski definition) is 0. The number of alkyl halides is 4. The lowest BCUT2D eigenvalue weighted by molar-refractivity contribution is -0.288. The lowest BCUT2D eigenvalue weighted by Crippen LogP contribution is -2.26. The van der Waals surface area contributed by atoms with Crippen LogP contribution in [-0.2, 0) is 19.1 Å². The van der Waals surface area contributed by atoms with E-state index in [2.05, 4.69) is 32.1 Å². The first-order valence-corrected chi connectivity index (χ1v) is 20.1. The molecule has 0 aliphatic carbocycles. The number of carbonyl (C=O) groups is 4. The Labute approximate surface area is 364 Å². The van der Waals surface area contributed by atoms with E-state index in [4.69, 9.17) is 28.4 Å². The Bertz CT molecular complexity index is 2330. The molecular weight excluding hydrogens is 852 g/mol. The van der Waals surface area contributed by atoms with E-state index in [-0.39, 0.29) is 24.5 Å². The fourth-order valence-corrected chi connectivity index (χ4v) is 6.22. The highest BCUT2D eigenvalue weighted by Crippen LogP contribution is 2.54. The van der Waals surface area contributed by atoms with Crippen molar-refractivity contribution in [3.8, 4) is 57.1 Å². The molecule has 0 spiro atoms. The summed E-state index contributed by atoms with van der Waals surface area (Å²) in [7, 11) is 0. The topological polar surface area (TPSA) is 161 Å². The van der Waals surface area contributed by atoms with Crippen molar-refractivity contribution in [2.24, 2.45) is 0 Å². The number of ether oxygens (including phenoxy) is 10. The van der Waals surface area contributed by atoms with Gasteiger partial charge in [-0.2, -0.15) is 0 Å². The Morgan fingerprint density at radius 3 is 1.42 bits per heavy atom. The highest BCUT2D eigenvalue weighted by atomic mass is 19.3. The van der Waals surface area contributed by atoms with Crippen LogP contribution in [0.25, 0.3) is 11.1 Å². The van der Waals surface area contributed by atoms with Crippen molar-refractivity contribution in [1.82, 2.24) is 0 Å². The van der Waals surface area contributed by atoms with Crippen LogP contribution in [0.2, 0.25) is 0 Å². The minimum atomic E-state index is -4.27. The molecule has 4 aromatic carbocycles. The molecule has 0 N–H and O–H groups in total. The maximum absolute atomic E-state index is 14.5. The molecule has 0 fully saturated rings. The number of halogens is 4. The van der Waals surface area contributed by atoms with E-state index in [1.54, 1.807) is 12.1 Å². The van der Waals surface area contributed by atoms with Crippen LogP contribution >= 0.6 is 0 Å². The zero-order valence-corrected chi connectivity index (χ0v) is 34.2. The van der Waals surface area contributed by atoms with Crippen LogP contribution in [0.15, 0.2) is 98.1 Å². The molecule has 6 rings (SSSR count). The van der Waals surface area contributed by atoms with Crippen LogP contribution < -0.4 is 37.9 Å². The highest BCUT2D eigenvalue weighted by molar-refractivity contribution is 5.96. The summed E-state index contributed by atoms with van der Waals surface area (Å²) in [5, 5.41) is 0. The molecule has 2 heterocycles. The second-order valence-electron chi connectivity index (χ2n) is 14.0. The molecular formula is C46H42F4O14. The molecule has 0 atom stereocenters. The number of hydrogen-bond acceptors (Lipinski definition) is 14. The molecule has 0 radical (unpaired) electrons. The molecule has 0 unspecified atom stereocenters. The van der Waals surface area contributed by atoms with Crippen LogP contribution in [0.5, 0.6) is 46.0 Å². The number of esters is 4. The number of fused-ring (bicyclic) bond motifs is 2. The number of rotatable bonds is 23. The van der Waals surface area contributed by atoms with E-state index in [1.165, 1.54) is 18.2 Å². The zero-order chi connectivity index (χ0) is 45.7. The van der Waals surface area contributed by atoms with Crippen LogP contribution in [0, 0.1) is 0 Å². The van der Waals surface area contributed by atoms with Gasteiger partial charge in [0.1, 0.15) is 11.3 Å². The molecule has 2 aliphatic heterocycles. The molecule has 0 aromatic heterocycles. The molecule has 2 aliphatic rings. The maximum atomic E-state index is 14.5. The predicted octanol–water partition coefficient (Wildman–Crippen LogP) is 9.77. The van der Waals surface area contributed by atoms with E-state index in [9.17, 15) is 36.7 Å². The van der Waals surface area contributed by atoms with Gasteiger partial charge in [-0.25, -0.2) is 19.2 Å². The summed E-state index contributed by atoms with van der Waals surface area (Å²) in [6, 6.07) is 17.8. The molecule has 64 heavy (non-hydrogen) atoms. The molecule has 0 saturated heterocycles. The summed E-state index contributed by atoms with van der Waals surface area (Å²) in [5.74, 6) is -6.75. The van der Waals surface area contributed by atoms with Crippen molar-refractivity contribution in [1.29, 1.82) is 0 Å². The van der Waals surface area contributed by atoms with Crippen molar-refractivity contribution >= 4 is 23.9 Å². The van der Waals surface area contributed by atoms with Gasteiger partial charge >= 0.3 is 36.5 Å². The summed E-state index contributed by atoms with van der Waals surface area (Å²) in [6.07, 6.45) is -0.437. The number of carbonyl (C=O) groups excluding carboxylic acids is 4. The van der Waals surface area contributed by atoms with Gasteiger partial charge in [-0.15, -0.1) is 17.6 Å². The lowest BCUT2D eigenvalue weighted by Gasteiger charge is -2.12. The first-order chi connectivity index (χ1) is 30.8. The van der Waals surface area contributed by atoms with E-state index in [0.29, 0.717) is 44.6 Å². The first kappa shape index (κ1) is 46.3. The smallest absolute Gasteiger partial charge is 0.494 e. The fraction of sp³-hybridized carbons (Fsp3) is 0.304. The van der Waals surface area contributed by atoms with Gasteiger partial charge in [0.25, 0.3) is 0 Å². The Morgan fingerprint density at radius 1 is 0.484 bits per heavy atom. The average molecular weight is 895 g/mol. The minimum absolute atomic E-state index is 0.0570. The number of unbranched alkanes of at least 4 members (excludes halogenated alkanes) is 6. The molecule has 18 heteroatoms. The first-order valence-electron chi connectivity index (χ1n) is 20.1. The van der Waals surface area contributed by atoms with Crippen molar-refractivity contribution in [2.75, 3.05) is 26.4 Å². The highest BCUT2D eigenvalue weighted by Gasteiger charge is 2.49. The summed E-state index contributed by atoms with van der Waals surface area (Å²) in [4.78, 5) is 48.7. The lowest BCUT2D eigenvalue weighted by atomic mass is 10.0. The third kappa shape index (κ3) is 12.4. The zero-order valence-electron chi connectivity index (χ0n) is 34.2. The normalized spacial score (nSPS) is 13.6. The van der Waals surface area contributed by atoms with Crippen LogP contribution in [0.1, 0.15) is 72.1 Å². The fourth-order valence-electron chi connectivity index (χ4n) is 6.22. The summed E-state index contributed by atoms with van der Waals surface area (Å²) in [6.45, 7) is 7.83. The Morgan fingerprint density at radius 2 is 0.906 bits per heavy atom. The van der Waals surface area contributed by atoms with E-state index in [0.717, 1.165) is 67.2 Å². The second-order valence-corrected chi connectivity index (χ2v) is 14.0. The monoisotopic (exact) mass is 894 g/mol. The van der Waals surface area contributed by atoms with Crippen LogP contribution in [0.3, 0.4) is 0 Å². The SMILES string of the molecule is C=CC(=O)OCCCCCCOc1ccc(-c2ccc(C(=O)Oc3ccc(OC(=O)c4ccc(OCCCCCCOC(=O)C=C)c5c4OC(F)(F)O5)c4c3OC(F)(F)O4)cc2)cc1. The van der Waals surface area contributed by atoms with Gasteiger partial charge in [-0.05, 0) is 111 Å². The molecule has 0 bridgehead atoms. The van der Waals surface area contributed by atoms with Crippen molar-refractivity contribution in [2.45, 2.75) is 64.0 Å². The quantitative estimate of drug-likeness (QED) is 0.0228. The van der Waals surface area contributed by atoms with Gasteiger partial charge in [0.05, 0.1) is 32.0 Å². The average Bonchev–Trinajstić information content (AvgIpc) is 3.80. The molecule has 0 saturated carbocycles. The second kappa shape index (κ2) is 21.2. The van der Waals surface area contributed by atoms with Crippen molar-refractivity contribution < 1.29 is 84.1 Å².